The summed E-state index contributed by atoms with van der Waals surface area (Å²) in [5, 5.41) is 5.75. The normalized spacial score (nSPS) is 17.0. The van der Waals surface area contributed by atoms with E-state index in [9.17, 15) is 9.59 Å². The van der Waals surface area contributed by atoms with Crippen LogP contribution in [0.4, 0.5) is 11.4 Å². The molecule has 1 atom stereocenters. The van der Waals surface area contributed by atoms with E-state index in [1.807, 2.05) is 0 Å². The van der Waals surface area contributed by atoms with Gasteiger partial charge in [0.2, 0.25) is 5.91 Å². The molecular weight excluding hydrogens is 354 g/mol. The average Bonchev–Trinajstić information content (AvgIpc) is 2.71. The summed E-state index contributed by atoms with van der Waals surface area (Å²) in [6, 6.07) is 14.5. The number of carbonyl (C=O) groups excluding carboxylic acids is 2. The molecular formula is C22H27N3O3. The lowest BCUT2D eigenvalue weighted by Crippen LogP contribution is -2.42. The standard InChI is InChI=1S/C22H27N3O3/c1-16-5-3-4-14-25(16)15-21(26)23-18-8-6-17(7-9-18)22(27)24-19-10-12-20(28-2)13-11-19/h6-13,16H,3-5,14-15H2,1-2H3,(H,23,26)(H,24,27)/t16-/m0/s1. The smallest absolute Gasteiger partial charge is 0.255 e. The van der Waals surface area contributed by atoms with Gasteiger partial charge in [0, 0.05) is 23.0 Å². The van der Waals surface area contributed by atoms with Gasteiger partial charge in [0.25, 0.3) is 5.91 Å². The van der Waals surface area contributed by atoms with Crippen molar-refractivity contribution in [3.8, 4) is 5.75 Å². The van der Waals surface area contributed by atoms with Gasteiger partial charge in [0.05, 0.1) is 13.7 Å². The minimum absolute atomic E-state index is 0.0239. The van der Waals surface area contributed by atoms with Gasteiger partial charge in [-0.3, -0.25) is 14.5 Å². The summed E-state index contributed by atoms with van der Waals surface area (Å²) in [5.41, 5.74) is 1.91. The third kappa shape index (κ3) is 5.33. The Balaban J connectivity index is 1.53. The van der Waals surface area contributed by atoms with Gasteiger partial charge in [-0.25, -0.2) is 0 Å². The highest BCUT2D eigenvalue weighted by molar-refractivity contribution is 6.04. The van der Waals surface area contributed by atoms with Crippen molar-refractivity contribution in [3.63, 3.8) is 0 Å². The topological polar surface area (TPSA) is 70.7 Å². The Morgan fingerprint density at radius 1 is 1.00 bits per heavy atom. The first kappa shape index (κ1) is 19.9. The second kappa shape index (κ2) is 9.37. The first-order valence-corrected chi connectivity index (χ1v) is 9.64. The second-order valence-electron chi connectivity index (χ2n) is 7.12. The molecule has 28 heavy (non-hydrogen) atoms. The molecule has 0 radical (unpaired) electrons. The van der Waals surface area contributed by atoms with Crippen molar-refractivity contribution in [2.45, 2.75) is 32.2 Å². The van der Waals surface area contributed by atoms with Crippen LogP contribution in [0, 0.1) is 0 Å². The molecule has 0 spiro atoms. The van der Waals surface area contributed by atoms with Crippen LogP contribution in [-0.4, -0.2) is 43.0 Å². The minimum atomic E-state index is -0.204. The van der Waals surface area contributed by atoms with Crippen molar-refractivity contribution in [3.05, 3.63) is 54.1 Å². The lowest BCUT2D eigenvalue weighted by molar-refractivity contribution is -0.118. The quantitative estimate of drug-likeness (QED) is 0.799. The zero-order chi connectivity index (χ0) is 19.9. The van der Waals surface area contributed by atoms with Gasteiger partial charge in [-0.1, -0.05) is 6.42 Å². The summed E-state index contributed by atoms with van der Waals surface area (Å²) in [4.78, 5) is 26.9. The van der Waals surface area contributed by atoms with Gasteiger partial charge in [-0.2, -0.15) is 0 Å². The van der Waals surface area contributed by atoms with Crippen LogP contribution >= 0.6 is 0 Å². The van der Waals surface area contributed by atoms with Crippen molar-refractivity contribution in [2.24, 2.45) is 0 Å². The van der Waals surface area contributed by atoms with E-state index >= 15 is 0 Å². The third-order valence-corrected chi connectivity index (χ3v) is 5.07. The fourth-order valence-electron chi connectivity index (χ4n) is 3.36. The van der Waals surface area contributed by atoms with Crippen LogP contribution in [0.2, 0.25) is 0 Å². The molecule has 2 aromatic rings. The van der Waals surface area contributed by atoms with Gasteiger partial charge in [0.15, 0.2) is 0 Å². The van der Waals surface area contributed by atoms with Crippen LogP contribution in [0.1, 0.15) is 36.5 Å². The monoisotopic (exact) mass is 381 g/mol. The third-order valence-electron chi connectivity index (χ3n) is 5.07. The number of carbonyl (C=O) groups is 2. The molecule has 3 rings (SSSR count). The number of hydrogen-bond donors (Lipinski definition) is 2. The Morgan fingerprint density at radius 3 is 2.29 bits per heavy atom. The van der Waals surface area contributed by atoms with Crippen LogP contribution in [0.5, 0.6) is 5.75 Å². The molecule has 1 aliphatic heterocycles. The van der Waals surface area contributed by atoms with Crippen LogP contribution in [0.15, 0.2) is 48.5 Å². The van der Waals surface area contributed by atoms with E-state index in [1.54, 1.807) is 55.6 Å². The first-order valence-electron chi connectivity index (χ1n) is 9.64. The Labute approximate surface area is 165 Å². The van der Waals surface area contributed by atoms with E-state index in [4.69, 9.17) is 4.74 Å². The van der Waals surface area contributed by atoms with Crippen LogP contribution < -0.4 is 15.4 Å². The molecule has 2 amide bonds. The molecule has 1 saturated heterocycles. The largest absolute Gasteiger partial charge is 0.497 e. The predicted molar refractivity (Wildman–Crippen MR) is 111 cm³/mol. The first-order chi connectivity index (χ1) is 13.5. The zero-order valence-electron chi connectivity index (χ0n) is 16.4. The lowest BCUT2D eigenvalue weighted by Gasteiger charge is -2.32. The number of amides is 2. The van der Waals surface area contributed by atoms with Crippen molar-refractivity contribution in [2.75, 3.05) is 30.8 Å². The second-order valence-corrected chi connectivity index (χ2v) is 7.12. The maximum Gasteiger partial charge on any atom is 0.255 e. The lowest BCUT2D eigenvalue weighted by atomic mass is 10.0. The van der Waals surface area contributed by atoms with Gasteiger partial charge in [-0.15, -0.1) is 0 Å². The van der Waals surface area contributed by atoms with Gasteiger partial charge in [-0.05, 0) is 74.8 Å². The van der Waals surface area contributed by atoms with Gasteiger partial charge >= 0.3 is 0 Å². The minimum Gasteiger partial charge on any atom is -0.497 e. The molecule has 0 bridgehead atoms. The highest BCUT2D eigenvalue weighted by atomic mass is 16.5. The van der Waals surface area contributed by atoms with Crippen molar-refractivity contribution in [1.29, 1.82) is 0 Å². The van der Waals surface area contributed by atoms with Gasteiger partial charge in [0.1, 0.15) is 5.75 Å². The van der Waals surface area contributed by atoms with Crippen molar-refractivity contribution < 1.29 is 14.3 Å². The fourth-order valence-corrected chi connectivity index (χ4v) is 3.36. The van der Waals surface area contributed by atoms with E-state index in [0.29, 0.717) is 29.5 Å². The summed E-state index contributed by atoms with van der Waals surface area (Å²) in [6.45, 7) is 3.54. The van der Waals surface area contributed by atoms with E-state index in [2.05, 4.69) is 22.5 Å². The number of methoxy groups -OCH3 is 1. The van der Waals surface area contributed by atoms with Crippen molar-refractivity contribution >= 4 is 23.2 Å². The number of nitrogens with zero attached hydrogens (tertiary/aromatic N) is 1. The molecule has 6 nitrogen and oxygen atoms in total. The Hall–Kier alpha value is -2.86. The maximum atomic E-state index is 12.4. The highest BCUT2D eigenvalue weighted by Crippen LogP contribution is 2.18. The molecule has 2 aromatic carbocycles. The van der Waals surface area contributed by atoms with Crippen LogP contribution in [0.3, 0.4) is 0 Å². The average molecular weight is 381 g/mol. The molecule has 1 heterocycles. The molecule has 148 valence electrons. The number of likely N-dealkylation sites (tertiary alicyclic amines) is 1. The van der Waals surface area contributed by atoms with Crippen LogP contribution in [-0.2, 0) is 4.79 Å². The van der Waals surface area contributed by atoms with Gasteiger partial charge < -0.3 is 15.4 Å². The number of ether oxygens (including phenoxy) is 1. The van der Waals surface area contributed by atoms with E-state index < -0.39 is 0 Å². The maximum absolute atomic E-state index is 12.4. The summed E-state index contributed by atoms with van der Waals surface area (Å²) < 4.78 is 5.11. The summed E-state index contributed by atoms with van der Waals surface area (Å²) in [7, 11) is 1.60. The van der Waals surface area contributed by atoms with Crippen LogP contribution in [0.25, 0.3) is 0 Å². The number of anilines is 2. The Morgan fingerprint density at radius 2 is 1.64 bits per heavy atom. The van der Waals surface area contributed by atoms with E-state index in [1.165, 1.54) is 6.42 Å². The summed E-state index contributed by atoms with van der Waals surface area (Å²) in [6.07, 6.45) is 3.53. The summed E-state index contributed by atoms with van der Waals surface area (Å²) >= 11 is 0. The molecule has 2 N–H and O–H groups in total. The molecule has 0 unspecified atom stereocenters. The number of piperidine rings is 1. The number of hydrogen-bond acceptors (Lipinski definition) is 4. The molecule has 0 aliphatic carbocycles. The number of rotatable bonds is 6. The molecule has 1 fully saturated rings. The Kier molecular flexibility index (Phi) is 6.66. The molecule has 0 saturated carbocycles. The SMILES string of the molecule is COc1ccc(NC(=O)c2ccc(NC(=O)CN3CCCC[C@@H]3C)cc2)cc1. The van der Waals surface area contributed by atoms with E-state index in [-0.39, 0.29) is 11.8 Å². The fraction of sp³-hybridized carbons (Fsp3) is 0.364. The van der Waals surface area contributed by atoms with Crippen molar-refractivity contribution in [1.82, 2.24) is 4.90 Å². The predicted octanol–water partition coefficient (Wildman–Crippen LogP) is 3.76. The highest BCUT2D eigenvalue weighted by Gasteiger charge is 2.20. The molecule has 1 aliphatic rings. The number of nitrogens with one attached hydrogen (secondary N) is 2. The zero-order valence-corrected chi connectivity index (χ0v) is 16.4. The number of benzene rings is 2. The summed E-state index contributed by atoms with van der Waals surface area (Å²) in [5.74, 6) is 0.506. The van der Waals surface area contributed by atoms with E-state index in [0.717, 1.165) is 25.1 Å². The Bertz CT molecular complexity index is 803. The molecule has 0 aromatic heterocycles. The molecule has 6 heteroatoms.